The molecule has 1 aliphatic rings. The Hall–Kier alpha value is -0.830. The Morgan fingerprint density at radius 3 is 2.65 bits per heavy atom. The van der Waals surface area contributed by atoms with Gasteiger partial charge in [-0.1, -0.05) is 13.8 Å². The molecule has 0 bridgehead atoms. The highest BCUT2D eigenvalue weighted by Gasteiger charge is 2.24. The predicted molar refractivity (Wildman–Crippen MR) is 71.4 cm³/mol. The fourth-order valence-electron chi connectivity index (χ4n) is 2.49. The van der Waals surface area contributed by atoms with Gasteiger partial charge in [-0.2, -0.15) is 0 Å². The highest BCUT2D eigenvalue weighted by Crippen LogP contribution is 2.30. The molecule has 1 N–H and O–H groups in total. The molecule has 2 rings (SSSR count). The molecule has 0 amide bonds. The first kappa shape index (κ1) is 12.6. The quantitative estimate of drug-likeness (QED) is 0.818. The van der Waals surface area contributed by atoms with Gasteiger partial charge in [0.1, 0.15) is 5.82 Å². The van der Waals surface area contributed by atoms with Crippen LogP contribution in [0.25, 0.3) is 0 Å². The number of hydrogen-bond acceptors (Lipinski definition) is 3. The van der Waals surface area contributed by atoms with Gasteiger partial charge in [0.05, 0.1) is 0 Å². The maximum Gasteiger partial charge on any atom is 0.224 e. The van der Waals surface area contributed by atoms with E-state index in [1.54, 1.807) is 0 Å². The summed E-state index contributed by atoms with van der Waals surface area (Å²) in [5.74, 6) is 2.47. The third-order valence-electron chi connectivity index (χ3n) is 3.78. The van der Waals surface area contributed by atoms with E-state index in [-0.39, 0.29) is 0 Å². The minimum atomic E-state index is 0.324. The molecule has 3 atom stereocenters. The van der Waals surface area contributed by atoms with E-state index in [1.165, 1.54) is 19.3 Å². The molecule has 1 aliphatic carbocycles. The van der Waals surface area contributed by atoms with Crippen LogP contribution in [0, 0.1) is 18.8 Å². The Morgan fingerprint density at radius 2 is 2.00 bits per heavy atom. The van der Waals surface area contributed by atoms with Crippen LogP contribution in [0.15, 0.2) is 6.07 Å². The van der Waals surface area contributed by atoms with Gasteiger partial charge in [0, 0.05) is 17.8 Å². The van der Waals surface area contributed by atoms with Crippen molar-refractivity contribution >= 4 is 17.4 Å². The van der Waals surface area contributed by atoms with Crippen LogP contribution < -0.4 is 5.32 Å². The van der Waals surface area contributed by atoms with Crippen molar-refractivity contribution in [2.45, 2.75) is 46.1 Å². The van der Waals surface area contributed by atoms with Crippen molar-refractivity contribution in [1.82, 2.24) is 9.97 Å². The molecular formula is C13H20ClN3. The molecule has 1 heterocycles. The fourth-order valence-corrected chi connectivity index (χ4v) is 2.72. The van der Waals surface area contributed by atoms with Gasteiger partial charge in [-0.3, -0.25) is 0 Å². The summed E-state index contributed by atoms with van der Waals surface area (Å²) in [5.41, 5.74) is 0.907. The number of nitrogens with zero attached hydrogens (tertiary/aromatic N) is 2. The van der Waals surface area contributed by atoms with Crippen LogP contribution in [0.5, 0.6) is 0 Å². The zero-order valence-electron chi connectivity index (χ0n) is 10.7. The number of aromatic nitrogens is 2. The van der Waals surface area contributed by atoms with Gasteiger partial charge in [0.15, 0.2) is 0 Å². The Morgan fingerprint density at radius 1 is 1.24 bits per heavy atom. The number of hydrogen-bond donors (Lipinski definition) is 1. The maximum atomic E-state index is 5.86. The number of aryl methyl sites for hydroxylation is 1. The van der Waals surface area contributed by atoms with Gasteiger partial charge < -0.3 is 5.32 Å². The van der Waals surface area contributed by atoms with Crippen molar-refractivity contribution < 1.29 is 0 Å². The first-order chi connectivity index (χ1) is 8.04. The Kier molecular flexibility index (Phi) is 3.87. The van der Waals surface area contributed by atoms with Gasteiger partial charge in [-0.15, -0.1) is 0 Å². The Balaban J connectivity index is 2.01. The van der Waals surface area contributed by atoms with E-state index in [2.05, 4.69) is 29.1 Å². The summed E-state index contributed by atoms with van der Waals surface area (Å²) >= 11 is 5.86. The summed E-state index contributed by atoms with van der Waals surface area (Å²) < 4.78 is 0. The second-order valence-electron chi connectivity index (χ2n) is 5.27. The summed E-state index contributed by atoms with van der Waals surface area (Å²) in [4.78, 5) is 8.28. The van der Waals surface area contributed by atoms with Gasteiger partial charge in [0.25, 0.3) is 0 Å². The van der Waals surface area contributed by atoms with Crippen molar-refractivity contribution in [3.05, 3.63) is 17.0 Å². The topological polar surface area (TPSA) is 37.8 Å². The average molecular weight is 254 g/mol. The number of nitrogens with one attached hydrogen (secondary N) is 1. The lowest BCUT2D eigenvalue weighted by Gasteiger charge is -2.32. The molecule has 3 unspecified atom stereocenters. The van der Waals surface area contributed by atoms with Crippen molar-refractivity contribution in [2.75, 3.05) is 5.32 Å². The monoisotopic (exact) mass is 253 g/mol. The maximum absolute atomic E-state index is 5.86. The lowest BCUT2D eigenvalue weighted by Crippen LogP contribution is -2.30. The lowest BCUT2D eigenvalue weighted by atomic mass is 9.79. The molecule has 0 saturated heterocycles. The number of halogens is 1. The summed E-state index contributed by atoms with van der Waals surface area (Å²) in [7, 11) is 0. The molecule has 0 radical (unpaired) electrons. The first-order valence-corrected chi connectivity index (χ1v) is 6.70. The lowest BCUT2D eigenvalue weighted by molar-refractivity contribution is 0.260. The zero-order chi connectivity index (χ0) is 12.4. The van der Waals surface area contributed by atoms with Crippen LogP contribution in [-0.4, -0.2) is 16.0 Å². The van der Waals surface area contributed by atoms with Crippen LogP contribution in [0.3, 0.4) is 0 Å². The average Bonchev–Trinajstić information content (AvgIpc) is 2.22. The van der Waals surface area contributed by atoms with Gasteiger partial charge in [-0.25, -0.2) is 9.97 Å². The summed E-state index contributed by atoms with van der Waals surface area (Å²) in [5, 5.41) is 3.80. The molecule has 1 fully saturated rings. The first-order valence-electron chi connectivity index (χ1n) is 6.32. The van der Waals surface area contributed by atoms with E-state index in [0.29, 0.717) is 11.3 Å². The molecule has 3 nitrogen and oxygen atoms in total. The van der Waals surface area contributed by atoms with Crippen molar-refractivity contribution in [2.24, 2.45) is 11.8 Å². The molecule has 4 heteroatoms. The molecule has 0 spiro atoms. The van der Waals surface area contributed by atoms with Crippen molar-refractivity contribution in [1.29, 1.82) is 0 Å². The minimum Gasteiger partial charge on any atom is -0.367 e. The fraction of sp³-hybridized carbons (Fsp3) is 0.692. The SMILES string of the molecule is Cc1cc(NC2CCC(C)C(C)C2)nc(Cl)n1. The molecule has 1 aromatic rings. The molecule has 1 saturated carbocycles. The van der Waals surface area contributed by atoms with E-state index in [9.17, 15) is 0 Å². The van der Waals surface area contributed by atoms with Gasteiger partial charge in [-0.05, 0) is 49.6 Å². The highest BCUT2D eigenvalue weighted by molar-refractivity contribution is 6.28. The van der Waals surface area contributed by atoms with Gasteiger partial charge >= 0.3 is 0 Å². The number of rotatable bonds is 2. The molecule has 1 aromatic heterocycles. The smallest absolute Gasteiger partial charge is 0.224 e. The van der Waals surface area contributed by atoms with Crippen LogP contribution in [-0.2, 0) is 0 Å². The largest absolute Gasteiger partial charge is 0.367 e. The Bertz CT molecular complexity index is 374. The standard InChI is InChI=1S/C13H20ClN3/c1-8-4-5-11(6-9(8)2)16-12-7-10(3)15-13(14)17-12/h7-9,11H,4-6H2,1-3H3,(H,15,16,17). The molecule has 94 valence electrons. The molecule has 17 heavy (non-hydrogen) atoms. The molecule has 0 aromatic carbocycles. The Labute approximate surface area is 108 Å². The normalized spacial score (nSPS) is 29.1. The van der Waals surface area contributed by atoms with Crippen molar-refractivity contribution in [3.8, 4) is 0 Å². The number of anilines is 1. The highest BCUT2D eigenvalue weighted by atomic mass is 35.5. The summed E-state index contributed by atoms with van der Waals surface area (Å²) in [6.07, 6.45) is 3.71. The van der Waals surface area contributed by atoms with Crippen LogP contribution in [0.1, 0.15) is 38.8 Å². The van der Waals surface area contributed by atoms with E-state index >= 15 is 0 Å². The second-order valence-corrected chi connectivity index (χ2v) is 5.61. The van der Waals surface area contributed by atoms with E-state index in [0.717, 1.165) is 23.3 Å². The predicted octanol–water partition coefficient (Wildman–Crippen LogP) is 3.68. The molecular weight excluding hydrogens is 234 g/mol. The van der Waals surface area contributed by atoms with Crippen molar-refractivity contribution in [3.63, 3.8) is 0 Å². The van der Waals surface area contributed by atoms with E-state index < -0.39 is 0 Å². The minimum absolute atomic E-state index is 0.324. The zero-order valence-corrected chi connectivity index (χ0v) is 11.5. The summed E-state index contributed by atoms with van der Waals surface area (Å²) in [6.45, 7) is 6.60. The third-order valence-corrected chi connectivity index (χ3v) is 3.95. The van der Waals surface area contributed by atoms with Crippen LogP contribution in [0.2, 0.25) is 5.28 Å². The van der Waals surface area contributed by atoms with Crippen LogP contribution >= 0.6 is 11.6 Å². The summed E-state index contributed by atoms with van der Waals surface area (Å²) in [6, 6.07) is 2.47. The second kappa shape index (κ2) is 5.21. The van der Waals surface area contributed by atoms with E-state index in [4.69, 9.17) is 11.6 Å². The van der Waals surface area contributed by atoms with E-state index in [1.807, 2.05) is 13.0 Å². The third kappa shape index (κ3) is 3.32. The molecule has 0 aliphatic heterocycles. The van der Waals surface area contributed by atoms with Crippen LogP contribution in [0.4, 0.5) is 5.82 Å². The van der Waals surface area contributed by atoms with Gasteiger partial charge in [0.2, 0.25) is 5.28 Å².